The molecule has 9 nitrogen and oxygen atoms in total. The van der Waals surface area contributed by atoms with E-state index in [1.165, 1.54) is 12.1 Å². The minimum Gasteiger partial charge on any atom is 3.00 e. The van der Waals surface area contributed by atoms with Gasteiger partial charge in [-0.05, 0) is 0 Å². The molecule has 2 aromatic carbocycles. The zero-order valence-corrected chi connectivity index (χ0v) is 27.5. The van der Waals surface area contributed by atoms with Gasteiger partial charge in [0.25, 0.3) is 0 Å². The molecular formula is C29H43CuN2O7Sm+2. The number of fused-ring (bicyclic) bond motifs is 1. The summed E-state index contributed by atoms with van der Waals surface area (Å²) in [5, 5.41) is 68.3. The van der Waals surface area contributed by atoms with E-state index in [4.69, 9.17) is 0 Å². The second kappa shape index (κ2) is 19.8. The minimum atomic E-state index is -0.417. The number of rotatable bonds is 2. The Morgan fingerprint density at radius 2 is 0.975 bits per heavy atom. The van der Waals surface area contributed by atoms with Gasteiger partial charge in [0.1, 0.15) is 0 Å². The summed E-state index contributed by atoms with van der Waals surface area (Å²) in [6, 6.07) is 10.4. The molecule has 1 saturated carbocycles. The Bertz CT molecular complexity index is 996. The molecule has 1 aliphatic carbocycles. The number of hydrogen-bond donors (Lipinski definition) is 4. The average molecular weight is 746 g/mol. The number of phenolic OH excluding ortho intramolecular Hbond substituents is 4. The second-order valence-corrected chi connectivity index (χ2v) is 11.1. The van der Waals surface area contributed by atoms with Gasteiger partial charge < -0.3 is 15.3 Å². The fourth-order valence-electron chi connectivity index (χ4n) is 3.57. The van der Waals surface area contributed by atoms with Gasteiger partial charge in [0.15, 0.2) is 0 Å². The summed E-state index contributed by atoms with van der Waals surface area (Å²) in [6.45, 7) is 9.67. The molecule has 1 aliphatic heterocycles. The van der Waals surface area contributed by atoms with Gasteiger partial charge in [-0.3, -0.25) is 0 Å². The van der Waals surface area contributed by atoms with E-state index < -0.39 is 18.3 Å². The molecule has 1 heterocycles. The van der Waals surface area contributed by atoms with E-state index in [9.17, 15) is 35.7 Å². The molecule has 40 heavy (non-hydrogen) atoms. The third kappa shape index (κ3) is 14.1. The van der Waals surface area contributed by atoms with E-state index in [-0.39, 0.29) is 75.5 Å². The van der Waals surface area contributed by atoms with Crippen molar-refractivity contribution in [3.63, 3.8) is 0 Å². The summed E-state index contributed by atoms with van der Waals surface area (Å²) in [7, 11) is 0. The van der Waals surface area contributed by atoms with E-state index in [2.05, 4.69) is 7.18 Å². The molecule has 2 aromatic rings. The van der Waals surface area contributed by atoms with Crippen LogP contribution in [0.4, 0.5) is 0 Å². The van der Waals surface area contributed by atoms with Gasteiger partial charge in [-0.25, -0.2) is 0 Å². The average Bonchev–Trinajstić information content (AvgIpc) is 3.16. The van der Waals surface area contributed by atoms with Crippen molar-refractivity contribution in [3.8, 4) is 23.0 Å². The van der Waals surface area contributed by atoms with Crippen molar-refractivity contribution < 1.29 is 98.7 Å². The summed E-state index contributed by atoms with van der Waals surface area (Å²) in [5.74, 6) is -0.534. The van der Waals surface area contributed by atoms with Crippen LogP contribution in [0.1, 0.15) is 78.4 Å². The maximum atomic E-state index is 10.1. The van der Waals surface area contributed by atoms with Crippen LogP contribution in [0.3, 0.4) is 0 Å². The van der Waals surface area contributed by atoms with Gasteiger partial charge in [0.05, 0.1) is 0 Å². The van der Waals surface area contributed by atoms with Crippen molar-refractivity contribution in [1.82, 2.24) is 0 Å². The van der Waals surface area contributed by atoms with Crippen molar-refractivity contribution in [1.29, 1.82) is 0 Å². The number of nitrogens with zero attached hydrogens (tertiary/aromatic N) is 2. The van der Waals surface area contributed by atoms with Crippen molar-refractivity contribution in [2.24, 2.45) is 0 Å². The fraction of sp³-hybridized carbons (Fsp3) is 0.517. The van der Waals surface area contributed by atoms with Crippen molar-refractivity contribution in [2.45, 2.75) is 97.6 Å². The Morgan fingerprint density at radius 1 is 0.675 bits per heavy atom. The quantitative estimate of drug-likeness (QED) is 0.269. The largest absolute Gasteiger partial charge is 3.00 e. The minimum absolute atomic E-state index is 0. The summed E-state index contributed by atoms with van der Waals surface area (Å²) >= 11 is 1.62. The normalized spacial score (nSPS) is 19.8. The Kier molecular flexibility index (Phi) is 19.1. The Hall–Kier alpha value is -1.28. The van der Waals surface area contributed by atoms with Crippen LogP contribution >= 0.6 is 0 Å². The number of hydrogen-bond acceptors (Lipinski definition) is 7. The summed E-state index contributed by atoms with van der Waals surface area (Å²) in [5.41, 5.74) is 1.12. The maximum absolute atomic E-state index is 10.1. The molecule has 226 valence electrons. The third-order valence-corrected chi connectivity index (χ3v) is 6.32. The molecular weight excluding hydrogens is 702 g/mol. The van der Waals surface area contributed by atoms with E-state index in [0.29, 0.717) is 11.1 Å². The van der Waals surface area contributed by atoms with Crippen LogP contribution in [0.25, 0.3) is 0 Å². The van der Waals surface area contributed by atoms with Crippen molar-refractivity contribution in [3.05, 3.63) is 47.5 Å². The second-order valence-electron chi connectivity index (χ2n) is 9.92. The molecule has 0 amide bonds. The first kappa shape index (κ1) is 38.7. The van der Waals surface area contributed by atoms with E-state index >= 15 is 0 Å². The van der Waals surface area contributed by atoms with Crippen LogP contribution in [0.5, 0.6) is 23.0 Å². The van der Waals surface area contributed by atoms with Crippen LogP contribution in [0, 0.1) is 40.4 Å². The molecule has 2 fully saturated rings. The molecule has 2 aliphatic rings. The smallest absolute Gasteiger partial charge is 3.00 e. The van der Waals surface area contributed by atoms with Crippen LogP contribution in [0.15, 0.2) is 36.4 Å². The molecule has 4 N–H and O–H groups in total. The summed E-state index contributed by atoms with van der Waals surface area (Å²) in [6.07, 6.45) is 6.80. The first-order valence-electron chi connectivity index (χ1n) is 13.1. The molecule has 0 spiro atoms. The third-order valence-electron chi connectivity index (χ3n) is 5.01. The molecule has 0 bridgehead atoms. The zero-order valence-electron chi connectivity index (χ0n) is 24.0. The standard InChI is InChI=1S/C20H22N2O4.3C3H7O.Cu.Sm/c23-17-9-3-5-13(19(17)25)11-21-15-7-1-2-8-16(15)22-12-14-6-4-10-18(24)20(14)26;3*1-3(2)4;;/h3-6,9-12,15-16,23-26H,1-2,7-8H2;3*3H,1-2H3;;/q;3*-1;+2;+3/t15-,16-;;;;;/m1...../s1. The molecule has 1 radical (unpaired) electrons. The summed E-state index contributed by atoms with van der Waals surface area (Å²) < 4.78 is 4.19. The van der Waals surface area contributed by atoms with E-state index in [0.717, 1.165) is 25.7 Å². The topological polar surface area (TPSA) is 156 Å². The van der Waals surface area contributed by atoms with Gasteiger partial charge in [-0.1, -0.05) is 41.5 Å². The van der Waals surface area contributed by atoms with Gasteiger partial charge >= 0.3 is 204 Å². The Labute approximate surface area is 277 Å². The predicted molar refractivity (Wildman–Crippen MR) is 142 cm³/mol. The molecule has 0 aromatic heterocycles. The number of para-hydroxylation sites is 2. The number of benzene rings is 2. The van der Waals surface area contributed by atoms with Gasteiger partial charge in [-0.15, -0.1) is 18.3 Å². The molecule has 1 saturated heterocycles. The monoisotopic (exact) mass is 746 g/mol. The molecule has 2 atom stereocenters. The maximum Gasteiger partial charge on any atom is 3.00 e. The first-order chi connectivity index (χ1) is 18.2. The predicted octanol–water partition coefficient (Wildman–Crippen LogP) is 1.57. The van der Waals surface area contributed by atoms with Crippen LogP contribution < -0.4 is 15.3 Å². The Morgan fingerprint density at radius 3 is 1.27 bits per heavy atom. The van der Waals surface area contributed by atoms with Crippen molar-refractivity contribution >= 4 is 12.4 Å². The van der Waals surface area contributed by atoms with Gasteiger partial charge in [0.2, 0.25) is 0 Å². The Balaban J connectivity index is 0.000000997. The number of aromatic hydroxyl groups is 4. The van der Waals surface area contributed by atoms with E-state index in [1.54, 1.807) is 81.2 Å². The zero-order chi connectivity index (χ0) is 29.7. The SMILES string of the molecule is CC(C)[O-].CC(C)[O-].CC(C)[O-].Oc1cccc(C=[N+]2[Cu][N+](=Cc3cccc(O)c3O)[C@@H]3CCCC[C@H]32)c1O.[Sm+3]. The van der Waals surface area contributed by atoms with E-state index in [1.807, 2.05) is 12.4 Å². The summed E-state index contributed by atoms with van der Waals surface area (Å²) in [4.78, 5) is 0. The van der Waals surface area contributed by atoms with Gasteiger partial charge in [0, 0.05) is 0 Å². The van der Waals surface area contributed by atoms with Crippen LogP contribution in [-0.4, -0.2) is 70.4 Å². The molecule has 4 rings (SSSR count). The van der Waals surface area contributed by atoms with Crippen LogP contribution in [-0.2, 0) is 15.4 Å². The fourth-order valence-corrected chi connectivity index (χ4v) is 5.04. The van der Waals surface area contributed by atoms with Crippen molar-refractivity contribution in [2.75, 3.05) is 0 Å². The van der Waals surface area contributed by atoms with Gasteiger partial charge in [-0.2, -0.15) is 0 Å². The first-order valence-corrected chi connectivity index (χ1v) is 13.9. The van der Waals surface area contributed by atoms with Crippen LogP contribution in [0.2, 0.25) is 0 Å². The number of phenols is 4. The molecule has 11 heteroatoms. The molecule has 0 unspecified atom stereocenters.